The van der Waals surface area contributed by atoms with E-state index in [9.17, 15) is 9.18 Å². The number of amides is 1. The predicted molar refractivity (Wildman–Crippen MR) is 95.5 cm³/mol. The maximum absolute atomic E-state index is 13.5. The molecule has 0 heterocycles. The first-order chi connectivity index (χ1) is 11.5. The van der Waals surface area contributed by atoms with Crippen molar-refractivity contribution in [2.75, 3.05) is 0 Å². The Morgan fingerprint density at radius 3 is 2.46 bits per heavy atom. The molecule has 0 fully saturated rings. The van der Waals surface area contributed by atoms with Crippen molar-refractivity contribution in [3.8, 4) is 5.75 Å². The van der Waals surface area contributed by atoms with E-state index in [0.717, 1.165) is 11.3 Å². The van der Waals surface area contributed by atoms with Crippen LogP contribution in [-0.2, 0) is 6.54 Å². The number of carbonyl (C=O) groups excluding carboxylic acids is 1. The number of carbonyl (C=O) groups is 1. The molecule has 0 aliphatic carbocycles. The molecule has 0 bridgehead atoms. The van der Waals surface area contributed by atoms with Gasteiger partial charge in [-0.3, -0.25) is 10.1 Å². The first-order valence-electron chi connectivity index (χ1n) is 7.55. The largest absolute Gasteiger partial charge is 0.491 e. The quantitative estimate of drug-likeness (QED) is 0.815. The normalized spacial score (nSPS) is 10.3. The van der Waals surface area contributed by atoms with Gasteiger partial charge < -0.3 is 10.1 Å². The van der Waals surface area contributed by atoms with Gasteiger partial charge in [0.25, 0.3) is 5.91 Å². The Hall–Kier alpha value is -2.47. The molecule has 0 saturated carbocycles. The first-order valence-corrected chi connectivity index (χ1v) is 7.96. The summed E-state index contributed by atoms with van der Waals surface area (Å²) in [6.45, 7) is 4.37. The topological polar surface area (TPSA) is 50.4 Å². The molecular formula is C18H19FN2O2S. The lowest BCUT2D eigenvalue weighted by molar-refractivity contribution is 0.0972. The highest BCUT2D eigenvalue weighted by Gasteiger charge is 2.11. The summed E-state index contributed by atoms with van der Waals surface area (Å²) in [5.74, 6) is -0.367. The van der Waals surface area contributed by atoms with E-state index in [0.29, 0.717) is 6.54 Å². The summed E-state index contributed by atoms with van der Waals surface area (Å²) >= 11 is 5.07. The molecule has 4 nitrogen and oxygen atoms in total. The van der Waals surface area contributed by atoms with E-state index in [1.807, 2.05) is 38.1 Å². The molecule has 0 aromatic heterocycles. The van der Waals surface area contributed by atoms with E-state index >= 15 is 0 Å². The lowest BCUT2D eigenvalue weighted by atomic mass is 10.2. The van der Waals surface area contributed by atoms with Gasteiger partial charge in [0.1, 0.15) is 11.6 Å². The number of halogens is 1. The van der Waals surface area contributed by atoms with Crippen molar-refractivity contribution in [3.63, 3.8) is 0 Å². The van der Waals surface area contributed by atoms with Crippen molar-refractivity contribution in [1.29, 1.82) is 0 Å². The summed E-state index contributed by atoms with van der Waals surface area (Å²) in [5, 5.41) is 5.52. The number of thiocarbonyl (C=S) groups is 1. The van der Waals surface area contributed by atoms with Crippen LogP contribution in [0.25, 0.3) is 0 Å². The molecule has 24 heavy (non-hydrogen) atoms. The number of ether oxygens (including phenoxy) is 1. The zero-order valence-corrected chi connectivity index (χ0v) is 14.3. The maximum Gasteiger partial charge on any atom is 0.260 e. The van der Waals surface area contributed by atoms with E-state index in [1.165, 1.54) is 18.2 Å². The third-order valence-electron chi connectivity index (χ3n) is 3.09. The Labute approximate surface area is 146 Å². The van der Waals surface area contributed by atoms with Crippen LogP contribution in [0.3, 0.4) is 0 Å². The summed E-state index contributed by atoms with van der Waals surface area (Å²) in [6, 6.07) is 13.3. The Morgan fingerprint density at radius 1 is 1.17 bits per heavy atom. The molecule has 1 amide bonds. The molecule has 0 saturated heterocycles. The van der Waals surface area contributed by atoms with Crippen molar-refractivity contribution in [2.45, 2.75) is 26.5 Å². The standard InChI is InChI=1S/C18H19FN2O2S/c1-12(2)23-14-9-7-13(8-10-14)11-20-18(24)21-17(22)15-5-3-4-6-16(15)19/h3-10,12H,11H2,1-2H3,(H2,20,21,22,24). The SMILES string of the molecule is CC(C)Oc1ccc(CNC(=S)NC(=O)c2ccccc2F)cc1. The third kappa shape index (κ3) is 5.31. The van der Waals surface area contributed by atoms with Gasteiger partial charge in [-0.1, -0.05) is 24.3 Å². The molecule has 0 atom stereocenters. The highest BCUT2D eigenvalue weighted by atomic mass is 32.1. The second-order valence-corrected chi connectivity index (χ2v) is 5.84. The first kappa shape index (κ1) is 17.9. The van der Waals surface area contributed by atoms with Crippen LogP contribution in [-0.4, -0.2) is 17.1 Å². The van der Waals surface area contributed by atoms with Crippen molar-refractivity contribution < 1.29 is 13.9 Å². The number of benzene rings is 2. The second kappa shape index (κ2) is 8.40. The van der Waals surface area contributed by atoms with E-state index in [1.54, 1.807) is 6.07 Å². The third-order valence-corrected chi connectivity index (χ3v) is 3.34. The molecule has 2 aromatic rings. The maximum atomic E-state index is 13.5. The molecule has 2 rings (SSSR count). The Kier molecular flexibility index (Phi) is 6.26. The van der Waals surface area contributed by atoms with Crippen molar-refractivity contribution in [1.82, 2.24) is 10.6 Å². The van der Waals surface area contributed by atoms with Crippen LogP contribution in [0.1, 0.15) is 29.8 Å². The molecule has 0 spiro atoms. The van der Waals surface area contributed by atoms with Crippen LogP contribution >= 0.6 is 12.2 Å². The van der Waals surface area contributed by atoms with Crippen LogP contribution in [0, 0.1) is 5.82 Å². The molecule has 0 unspecified atom stereocenters. The van der Waals surface area contributed by atoms with E-state index in [2.05, 4.69) is 10.6 Å². The van der Waals surface area contributed by atoms with Crippen molar-refractivity contribution >= 4 is 23.2 Å². The highest BCUT2D eigenvalue weighted by molar-refractivity contribution is 7.80. The Morgan fingerprint density at radius 2 is 1.83 bits per heavy atom. The monoisotopic (exact) mass is 346 g/mol. The van der Waals surface area contributed by atoms with Gasteiger partial charge in [0.2, 0.25) is 0 Å². The fourth-order valence-electron chi connectivity index (χ4n) is 2.00. The number of hydrogen-bond donors (Lipinski definition) is 2. The summed E-state index contributed by atoms with van der Waals surface area (Å²) in [6.07, 6.45) is 0.121. The van der Waals surface area contributed by atoms with Crippen LogP contribution < -0.4 is 15.4 Å². The summed E-state index contributed by atoms with van der Waals surface area (Å²) in [5.41, 5.74) is 0.936. The summed E-state index contributed by atoms with van der Waals surface area (Å²) in [4.78, 5) is 11.9. The van der Waals surface area contributed by atoms with Gasteiger partial charge in [-0.15, -0.1) is 0 Å². The lowest BCUT2D eigenvalue weighted by Gasteiger charge is -2.12. The van der Waals surface area contributed by atoms with Gasteiger partial charge >= 0.3 is 0 Å². The van der Waals surface area contributed by atoms with Gasteiger partial charge in [0.15, 0.2) is 5.11 Å². The number of rotatable bonds is 5. The average Bonchev–Trinajstić information content (AvgIpc) is 2.54. The van der Waals surface area contributed by atoms with Crippen LogP contribution in [0.5, 0.6) is 5.75 Å². The number of nitrogens with one attached hydrogen (secondary N) is 2. The van der Waals surface area contributed by atoms with E-state index in [-0.39, 0.29) is 16.8 Å². The molecule has 6 heteroatoms. The minimum absolute atomic E-state index is 0.0446. The molecule has 2 aromatic carbocycles. The van der Waals surface area contributed by atoms with Gasteiger partial charge in [-0.2, -0.15) is 0 Å². The van der Waals surface area contributed by atoms with E-state index < -0.39 is 11.7 Å². The second-order valence-electron chi connectivity index (χ2n) is 5.43. The van der Waals surface area contributed by atoms with Gasteiger partial charge in [-0.25, -0.2) is 4.39 Å². The van der Waals surface area contributed by atoms with Crippen LogP contribution in [0.4, 0.5) is 4.39 Å². The Bertz CT molecular complexity index is 717. The van der Waals surface area contributed by atoms with Crippen molar-refractivity contribution in [2.24, 2.45) is 0 Å². The minimum Gasteiger partial charge on any atom is -0.491 e. The Balaban J connectivity index is 1.85. The lowest BCUT2D eigenvalue weighted by Crippen LogP contribution is -2.39. The van der Waals surface area contributed by atoms with Gasteiger partial charge in [0, 0.05) is 6.54 Å². The average molecular weight is 346 g/mol. The smallest absolute Gasteiger partial charge is 0.260 e. The van der Waals surface area contributed by atoms with Gasteiger partial charge in [0.05, 0.1) is 11.7 Å². The molecule has 0 radical (unpaired) electrons. The van der Waals surface area contributed by atoms with Crippen molar-refractivity contribution in [3.05, 3.63) is 65.5 Å². The molecule has 0 aliphatic rings. The summed E-state index contributed by atoms with van der Waals surface area (Å²) < 4.78 is 19.1. The molecule has 2 N–H and O–H groups in total. The molecular weight excluding hydrogens is 327 g/mol. The van der Waals surface area contributed by atoms with Crippen LogP contribution in [0.2, 0.25) is 0 Å². The molecule has 0 aliphatic heterocycles. The minimum atomic E-state index is -0.585. The predicted octanol–water partition coefficient (Wildman–Crippen LogP) is 3.42. The fourth-order valence-corrected chi connectivity index (χ4v) is 2.17. The number of hydrogen-bond acceptors (Lipinski definition) is 3. The zero-order valence-electron chi connectivity index (χ0n) is 13.5. The van der Waals surface area contributed by atoms with E-state index in [4.69, 9.17) is 17.0 Å². The van der Waals surface area contributed by atoms with Gasteiger partial charge in [-0.05, 0) is 55.9 Å². The van der Waals surface area contributed by atoms with Crippen LogP contribution in [0.15, 0.2) is 48.5 Å². The fraction of sp³-hybridized carbons (Fsp3) is 0.222. The molecule has 126 valence electrons. The summed E-state index contributed by atoms with van der Waals surface area (Å²) in [7, 11) is 0. The highest BCUT2D eigenvalue weighted by Crippen LogP contribution is 2.13. The zero-order chi connectivity index (χ0) is 17.5.